The quantitative estimate of drug-likeness (QED) is 0.757. The molecule has 0 aliphatic rings. The Hall–Kier alpha value is -2.69. The van der Waals surface area contributed by atoms with E-state index in [0.717, 1.165) is 22.4 Å². The molecule has 1 atom stereocenters. The lowest BCUT2D eigenvalue weighted by Crippen LogP contribution is -2.32. The third-order valence-corrected chi connectivity index (χ3v) is 4.01. The number of nitrogens with zero attached hydrogens (tertiary/aromatic N) is 1. The molecule has 0 bridgehead atoms. The average Bonchev–Trinajstić information content (AvgIpc) is 2.95. The van der Waals surface area contributed by atoms with E-state index in [0.29, 0.717) is 5.56 Å². The van der Waals surface area contributed by atoms with Crippen molar-refractivity contribution < 1.29 is 9.18 Å². The van der Waals surface area contributed by atoms with Crippen LogP contribution in [0.4, 0.5) is 4.39 Å². The first-order valence-electron chi connectivity index (χ1n) is 7.97. The number of nitrogens with one attached hydrogen (secondary N) is 2. The second kappa shape index (κ2) is 6.43. The summed E-state index contributed by atoms with van der Waals surface area (Å²) >= 11 is 0. The zero-order valence-corrected chi connectivity index (χ0v) is 13.9. The van der Waals surface area contributed by atoms with Gasteiger partial charge in [-0.1, -0.05) is 19.9 Å². The van der Waals surface area contributed by atoms with E-state index >= 15 is 0 Å². The van der Waals surface area contributed by atoms with Crippen LogP contribution in [0.5, 0.6) is 0 Å². The van der Waals surface area contributed by atoms with E-state index in [1.807, 2.05) is 39.0 Å². The number of rotatable bonds is 4. The van der Waals surface area contributed by atoms with Crippen molar-refractivity contribution in [2.75, 3.05) is 0 Å². The van der Waals surface area contributed by atoms with Gasteiger partial charge >= 0.3 is 0 Å². The Bertz CT molecular complexity index is 868. The van der Waals surface area contributed by atoms with E-state index in [1.165, 1.54) is 24.3 Å². The van der Waals surface area contributed by atoms with Crippen molar-refractivity contribution in [3.8, 4) is 0 Å². The molecule has 1 amide bonds. The SMILES string of the molecule is Cc1ccc2nc(C(NC(=O)c3ccc(F)cc3)C(C)C)[nH]c2c1. The van der Waals surface area contributed by atoms with Crippen molar-refractivity contribution in [2.24, 2.45) is 5.92 Å². The van der Waals surface area contributed by atoms with Gasteiger partial charge in [0.05, 0.1) is 17.1 Å². The largest absolute Gasteiger partial charge is 0.342 e. The number of hydrogen-bond acceptors (Lipinski definition) is 2. The van der Waals surface area contributed by atoms with Gasteiger partial charge in [-0.3, -0.25) is 4.79 Å². The van der Waals surface area contributed by atoms with Crippen molar-refractivity contribution >= 4 is 16.9 Å². The van der Waals surface area contributed by atoms with Gasteiger partial charge in [0.15, 0.2) is 0 Å². The topological polar surface area (TPSA) is 57.8 Å². The number of aromatic amines is 1. The van der Waals surface area contributed by atoms with Crippen molar-refractivity contribution in [2.45, 2.75) is 26.8 Å². The third-order valence-electron chi connectivity index (χ3n) is 4.01. The van der Waals surface area contributed by atoms with Crippen LogP contribution in [-0.4, -0.2) is 15.9 Å². The Morgan fingerprint density at radius 1 is 1.17 bits per heavy atom. The molecule has 0 saturated heterocycles. The molecule has 3 rings (SSSR count). The highest BCUT2D eigenvalue weighted by molar-refractivity contribution is 5.94. The molecule has 5 heteroatoms. The predicted molar refractivity (Wildman–Crippen MR) is 92.3 cm³/mol. The van der Waals surface area contributed by atoms with Crippen molar-refractivity contribution in [1.29, 1.82) is 0 Å². The van der Waals surface area contributed by atoms with E-state index < -0.39 is 0 Å². The summed E-state index contributed by atoms with van der Waals surface area (Å²) in [5.41, 5.74) is 3.40. The maximum atomic E-state index is 13.0. The summed E-state index contributed by atoms with van der Waals surface area (Å²) in [4.78, 5) is 20.3. The standard InChI is InChI=1S/C19H20FN3O/c1-11(2)17(23-19(24)13-5-7-14(20)8-6-13)18-21-15-9-4-12(3)10-16(15)22-18/h4-11,17H,1-3H3,(H,21,22)(H,23,24). The van der Waals surface area contributed by atoms with Crippen LogP contribution in [0.15, 0.2) is 42.5 Å². The predicted octanol–water partition coefficient (Wildman–Crippen LogP) is 4.14. The molecule has 3 aromatic rings. The van der Waals surface area contributed by atoms with Crippen molar-refractivity contribution in [1.82, 2.24) is 15.3 Å². The molecule has 1 aromatic heterocycles. The second-order valence-corrected chi connectivity index (χ2v) is 6.34. The average molecular weight is 325 g/mol. The Labute approximate surface area is 140 Å². The molecular weight excluding hydrogens is 305 g/mol. The lowest BCUT2D eigenvalue weighted by atomic mass is 10.0. The fraction of sp³-hybridized carbons (Fsp3) is 0.263. The zero-order valence-electron chi connectivity index (χ0n) is 13.9. The summed E-state index contributed by atoms with van der Waals surface area (Å²) in [5, 5.41) is 2.99. The molecule has 0 aliphatic heterocycles. The monoisotopic (exact) mass is 325 g/mol. The molecule has 0 saturated carbocycles. The number of carbonyl (C=O) groups is 1. The minimum Gasteiger partial charge on any atom is -0.342 e. The van der Waals surface area contributed by atoms with E-state index in [2.05, 4.69) is 15.3 Å². The number of imidazole rings is 1. The van der Waals surface area contributed by atoms with Gasteiger partial charge in [0.2, 0.25) is 0 Å². The number of amides is 1. The van der Waals surface area contributed by atoms with Gasteiger partial charge in [-0.2, -0.15) is 0 Å². The molecule has 0 spiro atoms. The molecule has 0 radical (unpaired) electrons. The highest BCUT2D eigenvalue weighted by Crippen LogP contribution is 2.23. The van der Waals surface area contributed by atoms with E-state index in [4.69, 9.17) is 0 Å². The normalized spacial score (nSPS) is 12.5. The first-order chi connectivity index (χ1) is 11.4. The lowest BCUT2D eigenvalue weighted by molar-refractivity contribution is 0.0923. The maximum Gasteiger partial charge on any atom is 0.251 e. The number of aryl methyl sites for hydroxylation is 1. The summed E-state index contributed by atoms with van der Waals surface area (Å²) < 4.78 is 13.0. The van der Waals surface area contributed by atoms with Crippen LogP contribution in [0, 0.1) is 18.7 Å². The molecular formula is C19H20FN3O. The Morgan fingerprint density at radius 2 is 1.88 bits per heavy atom. The Kier molecular flexibility index (Phi) is 4.34. The van der Waals surface area contributed by atoms with E-state index in [9.17, 15) is 9.18 Å². The van der Waals surface area contributed by atoms with Gasteiger partial charge in [0.25, 0.3) is 5.91 Å². The number of halogens is 1. The molecule has 24 heavy (non-hydrogen) atoms. The fourth-order valence-electron chi connectivity index (χ4n) is 2.67. The van der Waals surface area contributed by atoms with Gasteiger partial charge in [0, 0.05) is 5.56 Å². The number of benzene rings is 2. The summed E-state index contributed by atoms with van der Waals surface area (Å²) in [5.74, 6) is 0.266. The Balaban J connectivity index is 1.88. The van der Waals surface area contributed by atoms with Crippen LogP contribution in [0.3, 0.4) is 0 Å². The second-order valence-electron chi connectivity index (χ2n) is 6.34. The smallest absolute Gasteiger partial charge is 0.251 e. The number of hydrogen-bond donors (Lipinski definition) is 2. The van der Waals surface area contributed by atoms with Crippen LogP contribution >= 0.6 is 0 Å². The first-order valence-corrected chi connectivity index (χ1v) is 7.97. The van der Waals surface area contributed by atoms with Crippen LogP contribution in [0.25, 0.3) is 11.0 Å². The minimum absolute atomic E-state index is 0.149. The molecule has 1 heterocycles. The minimum atomic E-state index is -0.361. The summed E-state index contributed by atoms with van der Waals surface area (Å²) in [6.45, 7) is 6.07. The number of H-pyrrole nitrogens is 1. The highest BCUT2D eigenvalue weighted by Gasteiger charge is 2.22. The van der Waals surface area contributed by atoms with Gasteiger partial charge in [-0.25, -0.2) is 9.37 Å². The van der Waals surface area contributed by atoms with E-state index in [-0.39, 0.29) is 23.7 Å². The van der Waals surface area contributed by atoms with Gasteiger partial charge in [0.1, 0.15) is 11.6 Å². The molecule has 0 fully saturated rings. The van der Waals surface area contributed by atoms with Crippen molar-refractivity contribution in [3.63, 3.8) is 0 Å². The molecule has 124 valence electrons. The molecule has 2 aromatic carbocycles. The molecule has 4 nitrogen and oxygen atoms in total. The summed E-state index contributed by atoms with van der Waals surface area (Å²) in [6.07, 6.45) is 0. The van der Waals surface area contributed by atoms with Gasteiger partial charge in [-0.05, 0) is 54.8 Å². The maximum absolute atomic E-state index is 13.0. The Morgan fingerprint density at radius 3 is 2.54 bits per heavy atom. The molecule has 2 N–H and O–H groups in total. The summed E-state index contributed by atoms with van der Waals surface area (Å²) in [7, 11) is 0. The number of aromatic nitrogens is 2. The molecule has 0 aliphatic carbocycles. The van der Waals surface area contributed by atoms with Gasteiger partial charge in [-0.15, -0.1) is 0 Å². The third kappa shape index (κ3) is 3.30. The zero-order chi connectivity index (χ0) is 17.3. The van der Waals surface area contributed by atoms with E-state index in [1.54, 1.807) is 0 Å². The summed E-state index contributed by atoms with van der Waals surface area (Å²) in [6, 6.07) is 11.3. The van der Waals surface area contributed by atoms with Crippen LogP contribution in [-0.2, 0) is 0 Å². The van der Waals surface area contributed by atoms with Crippen LogP contribution < -0.4 is 5.32 Å². The molecule has 1 unspecified atom stereocenters. The number of carbonyl (C=O) groups excluding carboxylic acids is 1. The van der Waals surface area contributed by atoms with Crippen LogP contribution in [0.1, 0.15) is 41.6 Å². The highest BCUT2D eigenvalue weighted by atomic mass is 19.1. The first kappa shape index (κ1) is 16.2. The van der Waals surface area contributed by atoms with Crippen molar-refractivity contribution in [3.05, 3.63) is 65.2 Å². The van der Waals surface area contributed by atoms with Crippen LogP contribution in [0.2, 0.25) is 0 Å². The number of fused-ring (bicyclic) bond motifs is 1. The lowest BCUT2D eigenvalue weighted by Gasteiger charge is -2.20. The van der Waals surface area contributed by atoms with Gasteiger partial charge < -0.3 is 10.3 Å². The fourth-order valence-corrected chi connectivity index (χ4v) is 2.67.